The van der Waals surface area contributed by atoms with Gasteiger partial charge in [-0.2, -0.15) is 0 Å². The quantitative estimate of drug-likeness (QED) is 0.495. The molecule has 0 amide bonds. The van der Waals surface area contributed by atoms with Crippen molar-refractivity contribution in [2.75, 3.05) is 46.8 Å². The van der Waals surface area contributed by atoms with Crippen molar-refractivity contribution in [3.05, 3.63) is 0 Å². The maximum atomic E-state index is 2.76. The molecule has 150 valence electrons. The monoisotopic (exact) mass is 363 g/mol. The zero-order chi connectivity index (χ0) is 19.7. The van der Waals surface area contributed by atoms with E-state index < -0.39 is 0 Å². The van der Waals surface area contributed by atoms with Gasteiger partial charge in [-0.1, -0.05) is 41.4 Å². The second kappa shape index (κ2) is 12.5. The lowest BCUT2D eigenvalue weighted by molar-refractivity contribution is 0.314. The van der Waals surface area contributed by atoms with Crippen molar-refractivity contribution in [2.24, 2.45) is 0 Å². The van der Waals surface area contributed by atoms with Crippen LogP contribution in [0.1, 0.15) is 66.7 Å². The number of nitrogens with zero attached hydrogens (tertiary/aromatic N) is 5. The van der Waals surface area contributed by atoms with Crippen LogP contribution in [0, 0.1) is 0 Å². The fourth-order valence-corrected chi connectivity index (χ4v) is 4.64. The summed E-state index contributed by atoms with van der Waals surface area (Å²) in [7, 11) is 5.42. The van der Waals surface area contributed by atoms with E-state index in [0.29, 0.717) is 21.2 Å². The van der Waals surface area contributed by atoms with Gasteiger partial charge in [0.05, 0.1) is 0 Å². The highest BCUT2D eigenvalue weighted by atomic mass is 15.4. The number of hydrogen-bond acceptors (Lipinski definition) is 5. The van der Waals surface area contributed by atoms with Crippen LogP contribution in [0.15, 0.2) is 0 Å². The molecule has 8 heteroatoms. The molecule has 0 saturated carbocycles. The second-order valence-corrected chi connectivity index (χ2v) is 8.00. The summed E-state index contributed by atoms with van der Waals surface area (Å²) >= 11 is 0. The van der Waals surface area contributed by atoms with Crippen LogP contribution in [0.5, 0.6) is 0 Å². The van der Waals surface area contributed by atoms with Gasteiger partial charge in [-0.15, -0.1) is 0 Å². The molecule has 0 aliphatic carbocycles. The molecule has 1 aliphatic rings. The predicted octanol–water partition coefficient (Wildman–Crippen LogP) is 2.91. The molecular weight excluding hydrogens is 319 g/mol. The number of hydrogen-bond donors (Lipinski definition) is 0. The van der Waals surface area contributed by atoms with Gasteiger partial charge in [0.1, 0.15) is 0 Å². The minimum atomic E-state index is 0.391. The fraction of sp³-hybridized carbons (Fsp3) is 1.00. The normalized spacial score (nSPS) is 18.0. The van der Waals surface area contributed by atoms with E-state index in [1.165, 1.54) is 32.1 Å². The van der Waals surface area contributed by atoms with E-state index in [0.717, 1.165) is 32.7 Å². The molecule has 1 rings (SSSR count). The van der Waals surface area contributed by atoms with Gasteiger partial charge in [0, 0.05) is 0 Å². The smallest absolute Gasteiger partial charge is 0.342 e. The van der Waals surface area contributed by atoms with Gasteiger partial charge in [-0.05, 0) is 78.9 Å². The molecule has 5 nitrogen and oxygen atoms in total. The first-order valence-electron chi connectivity index (χ1n) is 11.2. The lowest BCUT2D eigenvalue weighted by Crippen LogP contribution is -2.83. The molecule has 26 heavy (non-hydrogen) atoms. The molecule has 0 atom stereocenters. The minimum absolute atomic E-state index is 0.391. The Labute approximate surface area is 165 Å². The summed E-state index contributed by atoms with van der Waals surface area (Å²) in [5.74, 6) is 0. The van der Waals surface area contributed by atoms with Crippen molar-refractivity contribution in [3.8, 4) is 0 Å². The van der Waals surface area contributed by atoms with Crippen molar-refractivity contribution in [1.29, 1.82) is 0 Å². The van der Waals surface area contributed by atoms with Gasteiger partial charge >= 0.3 is 14.2 Å². The molecule has 0 aromatic carbocycles. The molecule has 0 unspecified atom stereocenters. The second-order valence-electron chi connectivity index (χ2n) is 8.00. The average molecular weight is 363 g/mol. The Bertz CT molecular complexity index is 347. The third kappa shape index (κ3) is 5.74. The van der Waals surface area contributed by atoms with E-state index in [2.05, 4.69) is 79.3 Å². The van der Waals surface area contributed by atoms with Gasteiger partial charge in [0.2, 0.25) is 0 Å². The maximum absolute atomic E-state index is 2.76. The van der Waals surface area contributed by atoms with E-state index in [1.807, 2.05) is 0 Å². The lowest BCUT2D eigenvalue weighted by Gasteiger charge is -2.56. The maximum Gasteiger partial charge on any atom is 0.383 e. The van der Waals surface area contributed by atoms with E-state index >= 15 is 0 Å². The van der Waals surface area contributed by atoms with E-state index in [9.17, 15) is 0 Å². The van der Waals surface area contributed by atoms with Crippen molar-refractivity contribution < 1.29 is 0 Å². The first-order chi connectivity index (χ1) is 12.5. The Balaban J connectivity index is 3.32. The van der Waals surface area contributed by atoms with Crippen LogP contribution < -0.4 is 0 Å². The van der Waals surface area contributed by atoms with Crippen LogP contribution in [-0.2, 0) is 0 Å². The highest BCUT2D eigenvalue weighted by molar-refractivity contribution is 6.83. The largest absolute Gasteiger partial charge is 0.383 e. The highest BCUT2D eigenvalue weighted by Gasteiger charge is 2.53. The van der Waals surface area contributed by atoms with Crippen LogP contribution >= 0.6 is 0 Å². The van der Waals surface area contributed by atoms with Crippen molar-refractivity contribution in [3.63, 3.8) is 0 Å². The third-order valence-electron chi connectivity index (χ3n) is 5.53. The molecule has 0 radical (unpaired) electrons. The van der Waals surface area contributed by atoms with Gasteiger partial charge in [-0.3, -0.25) is 0 Å². The van der Waals surface area contributed by atoms with E-state index in [-0.39, 0.29) is 0 Å². The van der Waals surface area contributed by atoms with Crippen LogP contribution in [0.3, 0.4) is 0 Å². The fourth-order valence-electron chi connectivity index (χ4n) is 4.64. The zero-order valence-electron chi connectivity index (χ0n) is 19.0. The molecule has 1 fully saturated rings. The van der Waals surface area contributed by atoms with Crippen LogP contribution in [0.25, 0.3) is 0 Å². The Morgan fingerprint density at radius 3 is 1.23 bits per heavy atom. The summed E-state index contributed by atoms with van der Waals surface area (Å²) in [4.78, 5) is 5.16. The molecule has 1 heterocycles. The van der Waals surface area contributed by atoms with Gasteiger partial charge in [0.15, 0.2) is 0 Å². The Hall–Kier alpha value is -0.00519. The molecule has 1 saturated heterocycles. The van der Waals surface area contributed by atoms with Crippen molar-refractivity contribution in [1.82, 2.24) is 23.8 Å². The van der Waals surface area contributed by atoms with Gasteiger partial charge in [0.25, 0.3) is 6.98 Å². The zero-order valence-corrected chi connectivity index (χ0v) is 19.0. The third-order valence-corrected chi connectivity index (χ3v) is 5.53. The van der Waals surface area contributed by atoms with Crippen LogP contribution in [0.4, 0.5) is 0 Å². The molecule has 1 aliphatic heterocycles. The topological polar surface area (TPSA) is 16.2 Å². The van der Waals surface area contributed by atoms with Crippen LogP contribution in [0.2, 0.25) is 6.82 Å². The molecule has 0 bridgehead atoms. The van der Waals surface area contributed by atoms with E-state index in [1.54, 1.807) is 0 Å². The van der Waals surface area contributed by atoms with E-state index in [4.69, 9.17) is 0 Å². The Kier molecular flexibility index (Phi) is 11.5. The number of rotatable bonds is 12. The summed E-state index contributed by atoms with van der Waals surface area (Å²) in [6, 6.07) is 0. The molecule has 0 N–H and O–H groups in total. The molecular formula is C18H44B3N5. The van der Waals surface area contributed by atoms with Crippen LogP contribution in [-0.4, -0.2) is 91.8 Å². The average Bonchev–Trinajstić information content (AvgIpc) is 2.60. The molecule has 0 aromatic rings. The van der Waals surface area contributed by atoms with Gasteiger partial charge in [-0.25, -0.2) is 0 Å². The summed E-state index contributed by atoms with van der Waals surface area (Å²) in [6.45, 7) is 20.2. The predicted molar refractivity (Wildman–Crippen MR) is 120 cm³/mol. The Morgan fingerprint density at radius 2 is 0.923 bits per heavy atom. The lowest BCUT2D eigenvalue weighted by atomic mass is 9.50. The summed E-state index contributed by atoms with van der Waals surface area (Å²) in [6.07, 6.45) is 6.01. The first-order valence-corrected chi connectivity index (χ1v) is 11.2. The van der Waals surface area contributed by atoms with Crippen molar-refractivity contribution >= 4 is 21.2 Å². The minimum Gasteiger partial charge on any atom is -0.342 e. The summed E-state index contributed by atoms with van der Waals surface area (Å²) in [5.41, 5.74) is 0. The van der Waals surface area contributed by atoms with Gasteiger partial charge < -0.3 is 23.8 Å². The summed E-state index contributed by atoms with van der Waals surface area (Å²) in [5, 5.41) is 0. The molecule has 0 aromatic heterocycles. The molecule has 0 spiro atoms. The highest BCUT2D eigenvalue weighted by Crippen LogP contribution is 2.24. The SMILES string of the molecule is CCCN(C)B1N(CCC)B(C)N(CCC)B(N(C)CCC)N1CCC. The first kappa shape index (κ1) is 24.0. The standard InChI is InChI=1S/C18H44B3N5/c1-9-14-22(7)20-24(16-11-3)19(6)25(17-12-4)21(23(8)15-10-2)26(20)18-13-5/h9-18H2,1-8H3. The Morgan fingerprint density at radius 1 is 0.577 bits per heavy atom. The van der Waals surface area contributed by atoms with Crippen molar-refractivity contribution in [2.45, 2.75) is 73.5 Å². The summed E-state index contributed by atoms with van der Waals surface area (Å²) < 4.78 is 8.23.